The Morgan fingerprint density at radius 2 is 2.04 bits per heavy atom. The van der Waals surface area contributed by atoms with Crippen LogP contribution in [0.1, 0.15) is 49.3 Å². The quantitative estimate of drug-likeness (QED) is 0.266. The topological polar surface area (TPSA) is 80.0 Å². The summed E-state index contributed by atoms with van der Waals surface area (Å²) in [5.41, 5.74) is 1.15. The van der Waals surface area contributed by atoms with Crippen LogP contribution in [0.25, 0.3) is 0 Å². The number of rotatable bonds is 6. The zero-order valence-electron chi connectivity index (χ0n) is 16.5. The SMILES string of the molecule is Cc1nnc(CN=C(NCCc2ccc(Cl)nc2)NC2CCCCC2)n1C.I. The first kappa shape index (κ1) is 22.9. The lowest BCUT2D eigenvalue weighted by Crippen LogP contribution is -2.44. The first-order valence-corrected chi connectivity index (χ1v) is 10.00. The second-order valence-electron chi connectivity index (χ2n) is 7.03. The third kappa shape index (κ3) is 6.88. The van der Waals surface area contributed by atoms with Crippen molar-refractivity contribution in [3.05, 3.63) is 40.7 Å². The molecule has 7 nitrogen and oxygen atoms in total. The van der Waals surface area contributed by atoms with Gasteiger partial charge in [0.15, 0.2) is 11.8 Å². The number of halogens is 2. The van der Waals surface area contributed by atoms with Gasteiger partial charge in [0.25, 0.3) is 0 Å². The fraction of sp³-hybridized carbons (Fsp3) is 0.579. The van der Waals surface area contributed by atoms with Crippen LogP contribution in [0.4, 0.5) is 0 Å². The van der Waals surface area contributed by atoms with Crippen LogP contribution in [0.15, 0.2) is 23.3 Å². The number of nitrogens with one attached hydrogen (secondary N) is 2. The van der Waals surface area contributed by atoms with E-state index in [4.69, 9.17) is 16.6 Å². The molecule has 0 unspecified atom stereocenters. The molecule has 0 bridgehead atoms. The van der Waals surface area contributed by atoms with Gasteiger partial charge < -0.3 is 15.2 Å². The van der Waals surface area contributed by atoms with Crippen LogP contribution in [0.3, 0.4) is 0 Å². The van der Waals surface area contributed by atoms with Crippen molar-refractivity contribution < 1.29 is 0 Å². The Labute approximate surface area is 188 Å². The van der Waals surface area contributed by atoms with Gasteiger partial charge in [-0.15, -0.1) is 34.2 Å². The predicted molar refractivity (Wildman–Crippen MR) is 123 cm³/mol. The zero-order chi connectivity index (χ0) is 19.1. The van der Waals surface area contributed by atoms with Crippen molar-refractivity contribution in [1.82, 2.24) is 30.4 Å². The second-order valence-corrected chi connectivity index (χ2v) is 7.42. The Morgan fingerprint density at radius 3 is 2.68 bits per heavy atom. The number of aromatic nitrogens is 4. The van der Waals surface area contributed by atoms with E-state index >= 15 is 0 Å². The molecule has 2 aromatic rings. The molecule has 1 saturated carbocycles. The molecule has 9 heteroatoms. The van der Waals surface area contributed by atoms with Gasteiger partial charge in [-0.25, -0.2) is 9.98 Å². The number of hydrogen-bond donors (Lipinski definition) is 2. The van der Waals surface area contributed by atoms with E-state index in [2.05, 4.69) is 25.8 Å². The standard InChI is InChI=1S/C19H28ClN7.HI/c1-14-25-26-18(27(14)2)13-23-19(24-16-6-4-3-5-7-16)21-11-10-15-8-9-17(20)22-12-15;/h8-9,12,16H,3-7,10-11,13H2,1-2H3,(H2,21,23,24);1H. The molecule has 0 amide bonds. The molecule has 1 aliphatic carbocycles. The number of guanidine groups is 1. The number of pyridine rings is 1. The van der Waals surface area contributed by atoms with Gasteiger partial charge in [0.2, 0.25) is 0 Å². The minimum absolute atomic E-state index is 0. The van der Waals surface area contributed by atoms with Gasteiger partial charge in [0.1, 0.15) is 17.5 Å². The lowest BCUT2D eigenvalue weighted by molar-refractivity contribution is 0.409. The molecule has 154 valence electrons. The average molecular weight is 518 g/mol. The highest BCUT2D eigenvalue weighted by Gasteiger charge is 2.15. The number of hydrogen-bond acceptors (Lipinski definition) is 4. The average Bonchev–Trinajstić information content (AvgIpc) is 3.00. The van der Waals surface area contributed by atoms with Crippen molar-refractivity contribution in [2.45, 2.75) is 58.0 Å². The molecule has 0 saturated heterocycles. The lowest BCUT2D eigenvalue weighted by atomic mass is 9.96. The normalized spacial score (nSPS) is 15.2. The van der Waals surface area contributed by atoms with Gasteiger partial charge in [-0.05, 0) is 37.8 Å². The first-order chi connectivity index (χ1) is 13.1. The molecule has 2 heterocycles. The Kier molecular flexibility index (Phi) is 9.43. The maximum Gasteiger partial charge on any atom is 0.191 e. The zero-order valence-corrected chi connectivity index (χ0v) is 19.6. The van der Waals surface area contributed by atoms with E-state index < -0.39 is 0 Å². The van der Waals surface area contributed by atoms with Crippen LogP contribution >= 0.6 is 35.6 Å². The van der Waals surface area contributed by atoms with Crippen molar-refractivity contribution in [3.63, 3.8) is 0 Å². The molecule has 2 aromatic heterocycles. The Bertz CT molecular complexity index is 754. The third-order valence-corrected chi connectivity index (χ3v) is 5.23. The number of aliphatic imine (C=N–C) groups is 1. The maximum atomic E-state index is 5.85. The molecule has 0 aromatic carbocycles. The van der Waals surface area contributed by atoms with Gasteiger partial charge in [-0.2, -0.15) is 0 Å². The van der Waals surface area contributed by atoms with Crippen LogP contribution in [0.5, 0.6) is 0 Å². The fourth-order valence-electron chi connectivity index (χ4n) is 3.21. The smallest absolute Gasteiger partial charge is 0.191 e. The van der Waals surface area contributed by atoms with E-state index in [1.165, 1.54) is 32.1 Å². The van der Waals surface area contributed by atoms with Gasteiger partial charge >= 0.3 is 0 Å². The number of nitrogens with zero attached hydrogens (tertiary/aromatic N) is 5. The van der Waals surface area contributed by atoms with Crippen LogP contribution in [-0.2, 0) is 20.0 Å². The molecular weight excluding hydrogens is 489 g/mol. The summed E-state index contributed by atoms with van der Waals surface area (Å²) >= 11 is 5.85. The fourth-order valence-corrected chi connectivity index (χ4v) is 3.32. The molecule has 0 spiro atoms. The van der Waals surface area contributed by atoms with Gasteiger partial charge in [0.05, 0.1) is 0 Å². The van der Waals surface area contributed by atoms with E-state index in [1.54, 1.807) is 0 Å². The van der Waals surface area contributed by atoms with Crippen molar-refractivity contribution in [2.24, 2.45) is 12.0 Å². The summed E-state index contributed by atoms with van der Waals surface area (Å²) in [5, 5.41) is 15.9. The van der Waals surface area contributed by atoms with Crippen LogP contribution < -0.4 is 10.6 Å². The minimum atomic E-state index is 0. The van der Waals surface area contributed by atoms with Crippen molar-refractivity contribution in [3.8, 4) is 0 Å². The summed E-state index contributed by atoms with van der Waals surface area (Å²) in [4.78, 5) is 8.87. The van der Waals surface area contributed by atoms with Crippen LogP contribution in [0, 0.1) is 6.92 Å². The predicted octanol–water partition coefficient (Wildman–Crippen LogP) is 3.40. The largest absolute Gasteiger partial charge is 0.356 e. The maximum absolute atomic E-state index is 5.85. The van der Waals surface area contributed by atoms with E-state index in [-0.39, 0.29) is 24.0 Å². The van der Waals surface area contributed by atoms with E-state index in [0.29, 0.717) is 17.7 Å². The summed E-state index contributed by atoms with van der Waals surface area (Å²) in [6, 6.07) is 4.32. The van der Waals surface area contributed by atoms with Crippen LogP contribution in [0.2, 0.25) is 5.15 Å². The summed E-state index contributed by atoms with van der Waals surface area (Å²) in [6.45, 7) is 3.22. The number of aryl methyl sites for hydroxylation is 1. The second kappa shape index (κ2) is 11.5. The molecule has 3 rings (SSSR count). The summed E-state index contributed by atoms with van der Waals surface area (Å²) in [6.07, 6.45) is 8.97. The molecule has 1 aliphatic rings. The summed E-state index contributed by atoms with van der Waals surface area (Å²) < 4.78 is 1.97. The van der Waals surface area contributed by atoms with Gasteiger partial charge in [0, 0.05) is 25.8 Å². The van der Waals surface area contributed by atoms with E-state index in [0.717, 1.165) is 36.1 Å². The first-order valence-electron chi connectivity index (χ1n) is 9.62. The molecule has 28 heavy (non-hydrogen) atoms. The van der Waals surface area contributed by atoms with Gasteiger partial charge in [-0.1, -0.05) is 36.9 Å². The molecule has 0 radical (unpaired) electrons. The molecule has 0 aliphatic heterocycles. The summed E-state index contributed by atoms with van der Waals surface area (Å²) in [7, 11) is 1.97. The van der Waals surface area contributed by atoms with E-state index in [9.17, 15) is 0 Å². The van der Waals surface area contributed by atoms with Crippen molar-refractivity contribution in [1.29, 1.82) is 0 Å². The Morgan fingerprint density at radius 1 is 1.25 bits per heavy atom. The van der Waals surface area contributed by atoms with Crippen molar-refractivity contribution >= 4 is 41.5 Å². The Balaban J connectivity index is 0.00000280. The monoisotopic (exact) mass is 517 g/mol. The van der Waals surface area contributed by atoms with Gasteiger partial charge in [-0.3, -0.25) is 0 Å². The molecule has 0 atom stereocenters. The lowest BCUT2D eigenvalue weighted by Gasteiger charge is -2.25. The third-order valence-electron chi connectivity index (χ3n) is 5.00. The van der Waals surface area contributed by atoms with Crippen molar-refractivity contribution in [2.75, 3.05) is 6.54 Å². The highest BCUT2D eigenvalue weighted by atomic mass is 127. The van der Waals surface area contributed by atoms with Crippen LogP contribution in [-0.4, -0.2) is 38.3 Å². The molecule has 1 fully saturated rings. The highest BCUT2D eigenvalue weighted by Crippen LogP contribution is 2.17. The molecule has 2 N–H and O–H groups in total. The van der Waals surface area contributed by atoms with E-state index in [1.807, 2.05) is 36.9 Å². The minimum Gasteiger partial charge on any atom is -0.356 e. The summed E-state index contributed by atoms with van der Waals surface area (Å²) in [5.74, 6) is 2.59. The highest BCUT2D eigenvalue weighted by molar-refractivity contribution is 14.0. The molecular formula is C19H29ClIN7. The Hall–Kier alpha value is -1.42.